The number of carbonyl (C=O) groups is 1. The third-order valence-electron chi connectivity index (χ3n) is 4.86. The number of hydrogen-bond acceptors (Lipinski definition) is 4. The van der Waals surface area contributed by atoms with E-state index in [1.807, 2.05) is 29.3 Å². The summed E-state index contributed by atoms with van der Waals surface area (Å²) in [6.45, 7) is 8.62. The van der Waals surface area contributed by atoms with Crippen LogP contribution in [0.4, 0.5) is 5.82 Å². The van der Waals surface area contributed by atoms with Crippen molar-refractivity contribution in [1.82, 2.24) is 9.88 Å². The van der Waals surface area contributed by atoms with Gasteiger partial charge in [0, 0.05) is 44.7 Å². The third-order valence-corrected chi connectivity index (χ3v) is 4.86. The molecular formula is C16H23N3O2. The highest BCUT2D eigenvalue weighted by molar-refractivity contribution is 5.73. The largest absolute Gasteiger partial charge is 0.379 e. The van der Waals surface area contributed by atoms with Crippen LogP contribution in [0.15, 0.2) is 24.4 Å². The molecule has 0 N–H and O–H groups in total. The second kappa shape index (κ2) is 5.64. The van der Waals surface area contributed by atoms with Crippen molar-refractivity contribution in [2.75, 3.05) is 44.3 Å². The third kappa shape index (κ3) is 2.75. The molecule has 0 bridgehead atoms. The summed E-state index contributed by atoms with van der Waals surface area (Å²) in [7, 11) is 0. The maximum atomic E-state index is 11.8. The highest BCUT2D eigenvalue weighted by Gasteiger charge is 2.47. The number of nitrogens with zero attached hydrogens (tertiary/aromatic N) is 3. The highest BCUT2D eigenvalue weighted by Crippen LogP contribution is 2.39. The Kier molecular flexibility index (Phi) is 3.85. The maximum absolute atomic E-state index is 11.8. The molecule has 0 aromatic carbocycles. The van der Waals surface area contributed by atoms with Crippen LogP contribution in [0.25, 0.3) is 0 Å². The normalized spacial score (nSPS) is 29.7. The van der Waals surface area contributed by atoms with E-state index in [0.717, 1.165) is 32.1 Å². The van der Waals surface area contributed by atoms with Crippen LogP contribution in [-0.2, 0) is 9.53 Å². The molecule has 21 heavy (non-hydrogen) atoms. The molecule has 1 aromatic rings. The lowest BCUT2D eigenvalue weighted by Crippen LogP contribution is -2.45. The van der Waals surface area contributed by atoms with Gasteiger partial charge in [0.2, 0.25) is 5.91 Å². The average Bonchev–Trinajstić information content (AvgIpc) is 2.67. The van der Waals surface area contributed by atoms with Gasteiger partial charge in [0.25, 0.3) is 0 Å². The van der Waals surface area contributed by atoms with Crippen molar-refractivity contribution in [3.05, 3.63) is 24.4 Å². The van der Waals surface area contributed by atoms with Gasteiger partial charge in [-0.3, -0.25) is 4.79 Å². The number of anilines is 1. The monoisotopic (exact) mass is 289 g/mol. The molecule has 0 radical (unpaired) electrons. The number of hydrogen-bond donors (Lipinski definition) is 0. The molecule has 0 unspecified atom stereocenters. The van der Waals surface area contributed by atoms with Gasteiger partial charge in [-0.1, -0.05) is 13.0 Å². The summed E-state index contributed by atoms with van der Waals surface area (Å²) in [4.78, 5) is 20.5. The quantitative estimate of drug-likeness (QED) is 0.784. The van der Waals surface area contributed by atoms with E-state index in [0.29, 0.717) is 19.1 Å². The van der Waals surface area contributed by atoms with Crippen LogP contribution in [0.2, 0.25) is 0 Å². The zero-order valence-corrected chi connectivity index (χ0v) is 12.8. The van der Waals surface area contributed by atoms with Crippen molar-refractivity contribution in [2.24, 2.45) is 11.3 Å². The van der Waals surface area contributed by atoms with Gasteiger partial charge in [-0.2, -0.15) is 0 Å². The molecule has 1 spiro atoms. The van der Waals surface area contributed by atoms with E-state index in [-0.39, 0.29) is 11.3 Å². The Morgan fingerprint density at radius 3 is 3.00 bits per heavy atom. The molecule has 2 aliphatic rings. The van der Waals surface area contributed by atoms with Gasteiger partial charge in [0.15, 0.2) is 0 Å². The van der Waals surface area contributed by atoms with Crippen LogP contribution in [0.5, 0.6) is 0 Å². The van der Waals surface area contributed by atoms with Crippen molar-refractivity contribution in [3.63, 3.8) is 0 Å². The molecule has 1 aromatic heterocycles. The molecule has 5 heteroatoms. The summed E-state index contributed by atoms with van der Waals surface area (Å²) in [5, 5.41) is 0. The molecule has 0 aliphatic carbocycles. The van der Waals surface area contributed by atoms with E-state index in [2.05, 4.69) is 16.8 Å². The van der Waals surface area contributed by atoms with Crippen LogP contribution in [0.3, 0.4) is 0 Å². The predicted molar refractivity (Wildman–Crippen MR) is 81.1 cm³/mol. The Morgan fingerprint density at radius 2 is 2.29 bits per heavy atom. The van der Waals surface area contributed by atoms with Crippen molar-refractivity contribution >= 4 is 11.7 Å². The number of rotatable bonds is 1. The maximum Gasteiger partial charge on any atom is 0.219 e. The first-order valence-electron chi connectivity index (χ1n) is 7.60. The lowest BCUT2D eigenvalue weighted by Gasteiger charge is -2.34. The van der Waals surface area contributed by atoms with E-state index in [1.54, 1.807) is 6.92 Å². The van der Waals surface area contributed by atoms with Gasteiger partial charge in [-0.25, -0.2) is 4.98 Å². The number of aromatic nitrogens is 1. The molecule has 3 rings (SSSR count). The molecule has 0 saturated carbocycles. The highest BCUT2D eigenvalue weighted by atomic mass is 16.5. The van der Waals surface area contributed by atoms with Gasteiger partial charge in [0.05, 0.1) is 13.2 Å². The zero-order chi connectivity index (χ0) is 14.9. The standard InChI is InChI=1S/C16H23N3O2/c1-13-9-19(15-5-3-4-6-17-15)11-16(13)10-18(14(2)20)7-8-21-12-16/h3-6,13H,7-12H2,1-2H3/t13-,16-/m0/s1. The topological polar surface area (TPSA) is 45.7 Å². The minimum absolute atomic E-state index is 0.0136. The molecule has 5 nitrogen and oxygen atoms in total. The van der Waals surface area contributed by atoms with E-state index in [1.165, 1.54) is 0 Å². The summed E-state index contributed by atoms with van der Waals surface area (Å²) in [6, 6.07) is 6.00. The van der Waals surface area contributed by atoms with Gasteiger partial charge >= 0.3 is 0 Å². The van der Waals surface area contributed by atoms with Crippen molar-refractivity contribution in [1.29, 1.82) is 0 Å². The Hall–Kier alpha value is -1.62. The van der Waals surface area contributed by atoms with E-state index in [9.17, 15) is 4.79 Å². The van der Waals surface area contributed by atoms with Crippen LogP contribution >= 0.6 is 0 Å². The molecule has 1 amide bonds. The predicted octanol–water partition coefficient (Wildman–Crippen LogP) is 1.40. The first-order valence-corrected chi connectivity index (χ1v) is 7.60. The van der Waals surface area contributed by atoms with Crippen LogP contribution in [0, 0.1) is 11.3 Å². The summed E-state index contributed by atoms with van der Waals surface area (Å²) in [5.74, 6) is 1.63. The first kappa shape index (κ1) is 14.3. The molecule has 2 aliphatic heterocycles. The zero-order valence-electron chi connectivity index (χ0n) is 12.8. The minimum atomic E-state index is 0.0136. The Labute approximate surface area is 125 Å². The molecule has 114 valence electrons. The van der Waals surface area contributed by atoms with E-state index in [4.69, 9.17) is 4.74 Å². The second-order valence-corrected chi connectivity index (χ2v) is 6.33. The Balaban J connectivity index is 1.82. The molecule has 2 fully saturated rings. The van der Waals surface area contributed by atoms with E-state index < -0.39 is 0 Å². The summed E-state index contributed by atoms with van der Waals surface area (Å²) >= 11 is 0. The van der Waals surface area contributed by atoms with Gasteiger partial charge in [-0.15, -0.1) is 0 Å². The molecule has 3 heterocycles. The molecule has 2 atom stereocenters. The smallest absolute Gasteiger partial charge is 0.219 e. The number of carbonyl (C=O) groups excluding carboxylic acids is 1. The first-order chi connectivity index (χ1) is 10.1. The van der Waals surface area contributed by atoms with Crippen molar-refractivity contribution in [3.8, 4) is 0 Å². The summed E-state index contributed by atoms with van der Waals surface area (Å²) < 4.78 is 5.83. The van der Waals surface area contributed by atoms with Gasteiger partial charge in [0.1, 0.15) is 5.82 Å². The van der Waals surface area contributed by atoms with Crippen LogP contribution in [-0.4, -0.2) is 55.2 Å². The minimum Gasteiger partial charge on any atom is -0.379 e. The average molecular weight is 289 g/mol. The number of amides is 1. The summed E-state index contributed by atoms with van der Waals surface area (Å²) in [5.41, 5.74) is 0.0136. The van der Waals surface area contributed by atoms with Gasteiger partial charge in [-0.05, 0) is 18.1 Å². The number of ether oxygens (including phenoxy) is 1. The number of pyridine rings is 1. The SMILES string of the molecule is CC(=O)N1CCOC[C@]2(C1)CN(c1ccccn1)C[C@@H]2C. The Morgan fingerprint density at radius 1 is 1.43 bits per heavy atom. The van der Waals surface area contributed by atoms with Crippen LogP contribution < -0.4 is 4.90 Å². The van der Waals surface area contributed by atoms with Crippen LogP contribution in [0.1, 0.15) is 13.8 Å². The lowest BCUT2D eigenvalue weighted by atomic mass is 9.79. The Bertz CT molecular complexity index is 508. The lowest BCUT2D eigenvalue weighted by molar-refractivity contribution is -0.130. The van der Waals surface area contributed by atoms with Crippen molar-refractivity contribution in [2.45, 2.75) is 13.8 Å². The summed E-state index contributed by atoms with van der Waals surface area (Å²) in [6.07, 6.45) is 1.83. The fourth-order valence-electron chi connectivity index (χ4n) is 3.46. The fourth-order valence-corrected chi connectivity index (χ4v) is 3.46. The van der Waals surface area contributed by atoms with Crippen molar-refractivity contribution < 1.29 is 9.53 Å². The molecule has 2 saturated heterocycles. The second-order valence-electron chi connectivity index (χ2n) is 6.33. The van der Waals surface area contributed by atoms with Gasteiger partial charge < -0.3 is 14.5 Å². The fraction of sp³-hybridized carbons (Fsp3) is 0.625. The van der Waals surface area contributed by atoms with E-state index >= 15 is 0 Å². The molecular weight excluding hydrogens is 266 g/mol.